The minimum Gasteiger partial charge on any atom is -0.370 e. The normalized spacial score (nSPS) is 11.3. The van der Waals surface area contributed by atoms with E-state index in [-0.39, 0.29) is 0 Å². The Kier molecular flexibility index (Phi) is 5.55. The molecule has 0 aromatic carbocycles. The minimum atomic E-state index is 0.805. The Labute approximate surface area is 206 Å². The maximum Gasteiger partial charge on any atom is 0.181 e. The van der Waals surface area contributed by atoms with Gasteiger partial charge < -0.3 is 10.6 Å². The molecule has 0 amide bonds. The first-order chi connectivity index (χ1) is 15.9. The van der Waals surface area contributed by atoms with Gasteiger partial charge in [0, 0.05) is 42.8 Å². The monoisotopic (exact) mass is 540 g/mol. The second-order valence-corrected chi connectivity index (χ2v) is 10.8. The topological polar surface area (TPSA) is 84.4 Å². The van der Waals surface area contributed by atoms with E-state index in [2.05, 4.69) is 61.9 Å². The van der Waals surface area contributed by atoms with Crippen molar-refractivity contribution in [3.05, 3.63) is 51.2 Å². The van der Waals surface area contributed by atoms with Gasteiger partial charge in [0.2, 0.25) is 0 Å². The van der Waals surface area contributed by atoms with Crippen molar-refractivity contribution in [2.45, 2.75) is 13.8 Å². The zero-order valence-corrected chi connectivity index (χ0v) is 21.7. The first-order valence-electron chi connectivity index (χ1n) is 10.1. The molecular weight excluding hydrogens is 520 g/mol. The fourth-order valence-corrected chi connectivity index (χ4v) is 6.28. The van der Waals surface area contributed by atoms with Gasteiger partial charge in [-0.25, -0.2) is 19.9 Å². The van der Waals surface area contributed by atoms with Gasteiger partial charge in [0.25, 0.3) is 0 Å². The summed E-state index contributed by atoms with van der Waals surface area (Å²) in [6.07, 6.45) is 5.58. The molecule has 33 heavy (non-hydrogen) atoms. The van der Waals surface area contributed by atoms with Gasteiger partial charge in [-0.15, -0.1) is 22.7 Å². The number of nitrogens with zero attached hydrogens (tertiary/aromatic N) is 6. The van der Waals surface area contributed by atoms with E-state index in [1.807, 2.05) is 58.5 Å². The largest absolute Gasteiger partial charge is 0.370 e. The lowest BCUT2D eigenvalue weighted by molar-refractivity contribution is 1.15. The number of imidazole rings is 2. The van der Waals surface area contributed by atoms with Gasteiger partial charge in [-0.2, -0.15) is 0 Å². The molecule has 6 rings (SSSR count). The van der Waals surface area contributed by atoms with Crippen LogP contribution < -0.4 is 10.6 Å². The van der Waals surface area contributed by atoms with Crippen LogP contribution in [-0.2, 0) is 0 Å². The van der Waals surface area contributed by atoms with Crippen molar-refractivity contribution in [1.29, 1.82) is 0 Å². The van der Waals surface area contributed by atoms with Crippen molar-refractivity contribution >= 4 is 88.3 Å². The van der Waals surface area contributed by atoms with E-state index in [1.54, 1.807) is 22.7 Å². The summed E-state index contributed by atoms with van der Waals surface area (Å²) in [7, 11) is 3.72. The summed E-state index contributed by atoms with van der Waals surface area (Å²) in [4.78, 5) is 21.2. The number of aryl methyl sites for hydroxylation is 2. The van der Waals surface area contributed by atoms with Gasteiger partial charge >= 0.3 is 0 Å². The van der Waals surface area contributed by atoms with Crippen molar-refractivity contribution in [3.63, 3.8) is 0 Å². The maximum absolute atomic E-state index is 4.57. The van der Waals surface area contributed by atoms with Crippen LogP contribution in [0.4, 0.5) is 11.6 Å². The van der Waals surface area contributed by atoms with Gasteiger partial charge in [-0.1, -0.05) is 12.7 Å². The molecule has 168 valence electrons. The molecule has 0 spiro atoms. The van der Waals surface area contributed by atoms with Crippen LogP contribution in [0, 0.1) is 13.8 Å². The molecule has 0 atom stereocenters. The number of thiophene rings is 2. The second-order valence-electron chi connectivity index (χ2n) is 7.32. The number of halogens is 1. The van der Waals surface area contributed by atoms with E-state index in [1.165, 1.54) is 0 Å². The van der Waals surface area contributed by atoms with Crippen LogP contribution in [-0.4, -0.2) is 42.8 Å². The predicted octanol–water partition coefficient (Wildman–Crippen LogP) is 5.99. The van der Waals surface area contributed by atoms with Crippen molar-refractivity contribution in [2.24, 2.45) is 0 Å². The van der Waals surface area contributed by atoms with Crippen LogP contribution in [0.1, 0.15) is 16.3 Å². The van der Waals surface area contributed by atoms with Gasteiger partial charge in [0.1, 0.15) is 20.7 Å². The Bertz CT molecular complexity index is 1660. The highest BCUT2D eigenvalue weighted by Crippen LogP contribution is 2.32. The lowest BCUT2D eigenvalue weighted by atomic mass is 10.4. The lowest BCUT2D eigenvalue weighted by Gasteiger charge is -2.04. The highest BCUT2D eigenvalue weighted by Gasteiger charge is 2.14. The summed E-state index contributed by atoms with van der Waals surface area (Å²) in [5.41, 5.74) is 5.93. The van der Waals surface area contributed by atoms with Gasteiger partial charge in [-0.3, -0.25) is 8.80 Å². The summed E-state index contributed by atoms with van der Waals surface area (Å²) in [6, 6.07) is 4.08. The number of hydrogen-bond acceptors (Lipinski definition) is 8. The molecule has 0 saturated heterocycles. The Morgan fingerprint density at radius 1 is 0.879 bits per heavy atom. The molecule has 0 unspecified atom stereocenters. The van der Waals surface area contributed by atoms with Crippen LogP contribution >= 0.6 is 38.6 Å². The van der Waals surface area contributed by atoms with Crippen molar-refractivity contribution < 1.29 is 0 Å². The van der Waals surface area contributed by atoms with E-state index in [4.69, 9.17) is 0 Å². The molecule has 11 heteroatoms. The Balaban J connectivity index is 0.000000139. The van der Waals surface area contributed by atoms with Crippen LogP contribution in [0.2, 0.25) is 0 Å². The van der Waals surface area contributed by atoms with E-state index >= 15 is 0 Å². The highest BCUT2D eigenvalue weighted by molar-refractivity contribution is 9.11. The Morgan fingerprint density at radius 3 is 1.91 bits per heavy atom. The average molecular weight is 542 g/mol. The molecule has 2 N–H and O–H groups in total. The summed E-state index contributed by atoms with van der Waals surface area (Å²) in [5.74, 6) is 1.62. The molecule has 0 fully saturated rings. The number of fused-ring (bicyclic) bond motifs is 6. The highest BCUT2D eigenvalue weighted by atomic mass is 79.9. The summed E-state index contributed by atoms with van der Waals surface area (Å²) < 4.78 is 5.34. The maximum atomic E-state index is 4.57. The molecule has 6 aromatic rings. The first-order valence-corrected chi connectivity index (χ1v) is 12.6. The van der Waals surface area contributed by atoms with E-state index in [0.717, 1.165) is 63.7 Å². The molecular formula is C22H21BrN8S2. The van der Waals surface area contributed by atoms with Gasteiger partial charge in [0.05, 0.1) is 3.79 Å². The van der Waals surface area contributed by atoms with E-state index < -0.39 is 0 Å². The summed E-state index contributed by atoms with van der Waals surface area (Å²) in [6.45, 7) is 7.90. The summed E-state index contributed by atoms with van der Waals surface area (Å²) >= 11 is 6.84. The van der Waals surface area contributed by atoms with Gasteiger partial charge in [0.15, 0.2) is 22.9 Å². The van der Waals surface area contributed by atoms with Crippen LogP contribution in [0.3, 0.4) is 0 Å². The predicted molar refractivity (Wildman–Crippen MR) is 143 cm³/mol. The van der Waals surface area contributed by atoms with Crippen molar-refractivity contribution in [3.8, 4) is 0 Å². The fourth-order valence-electron chi connectivity index (χ4n) is 3.71. The molecule has 0 aliphatic rings. The standard InChI is InChI=1S/C12H12N4S.C10H9BrN4S/c1-4-8-5-9-12(17-8)16-7(2)6-14-11(16)10(13-3)15-9;1-5-4-13-9-8(12-2)14-6-3-7(11)16-10(6)15(5)9/h4-6H,1H2,2-3H3,(H,13,15);3-4H,1-2H3,(H,12,14). The molecule has 0 bridgehead atoms. The zero-order valence-electron chi connectivity index (χ0n) is 18.5. The average Bonchev–Trinajstić information content (AvgIpc) is 3.57. The Hall–Kier alpha value is -3.02. The lowest BCUT2D eigenvalue weighted by Crippen LogP contribution is -1.98. The quantitative estimate of drug-likeness (QED) is 0.286. The third-order valence-electron chi connectivity index (χ3n) is 5.22. The minimum absolute atomic E-state index is 0.805. The number of nitrogens with one attached hydrogen (secondary N) is 2. The molecule has 0 radical (unpaired) electrons. The fraction of sp³-hybridized carbons (Fsp3) is 0.182. The van der Waals surface area contributed by atoms with Crippen molar-refractivity contribution in [1.82, 2.24) is 28.7 Å². The number of anilines is 2. The molecule has 6 aromatic heterocycles. The number of aromatic nitrogens is 6. The number of hydrogen-bond donors (Lipinski definition) is 2. The van der Waals surface area contributed by atoms with Gasteiger partial charge in [-0.05, 0) is 41.9 Å². The van der Waals surface area contributed by atoms with Crippen molar-refractivity contribution in [2.75, 3.05) is 24.7 Å². The third kappa shape index (κ3) is 3.56. The Morgan fingerprint density at radius 2 is 1.39 bits per heavy atom. The molecule has 0 aliphatic heterocycles. The second kappa shape index (κ2) is 8.40. The smallest absolute Gasteiger partial charge is 0.181 e. The first kappa shape index (κ1) is 21.8. The third-order valence-corrected chi connectivity index (χ3v) is 7.94. The van der Waals surface area contributed by atoms with Crippen LogP contribution in [0.5, 0.6) is 0 Å². The van der Waals surface area contributed by atoms with E-state index in [0.29, 0.717) is 0 Å². The molecule has 0 aliphatic carbocycles. The SMILES string of the molecule is C=Cc1cc2nc(NC)c3ncc(C)n3c2s1.CNc1nc2cc(Br)sc2n2c(C)cnc12. The van der Waals surface area contributed by atoms with Crippen LogP contribution in [0.25, 0.3) is 38.1 Å². The number of rotatable bonds is 3. The molecule has 0 saturated carbocycles. The zero-order chi connectivity index (χ0) is 23.3. The van der Waals surface area contributed by atoms with Crippen LogP contribution in [0.15, 0.2) is 34.9 Å². The molecule has 8 nitrogen and oxygen atoms in total. The summed E-state index contributed by atoms with van der Waals surface area (Å²) in [5, 5.41) is 6.17. The molecule has 6 heterocycles. The van der Waals surface area contributed by atoms with E-state index in [9.17, 15) is 0 Å².